The van der Waals surface area contributed by atoms with Crippen molar-refractivity contribution < 1.29 is 18.7 Å². The van der Waals surface area contributed by atoms with Gasteiger partial charge in [-0.25, -0.2) is 13.6 Å². The van der Waals surface area contributed by atoms with Crippen LogP contribution in [0.25, 0.3) is 0 Å². The van der Waals surface area contributed by atoms with E-state index in [1.165, 1.54) is 12.2 Å². The highest BCUT2D eigenvalue weighted by atomic mass is 19.1. The van der Waals surface area contributed by atoms with Crippen molar-refractivity contribution in [3.63, 3.8) is 0 Å². The number of hydrogen-bond donors (Lipinski definition) is 1. The summed E-state index contributed by atoms with van der Waals surface area (Å²) in [6.45, 7) is 0. The number of allylic oxidation sites excluding steroid dienone is 7. The summed E-state index contributed by atoms with van der Waals surface area (Å²) in [5.74, 6) is -1.59. The fourth-order valence-corrected chi connectivity index (χ4v) is 1.11. The highest BCUT2D eigenvalue weighted by Gasteiger charge is 2.03. The number of hydrogen-bond acceptors (Lipinski definition) is 1. The molecule has 80 valence electrons. The number of halogens is 2. The van der Waals surface area contributed by atoms with Gasteiger partial charge in [0.1, 0.15) is 12.0 Å². The van der Waals surface area contributed by atoms with Gasteiger partial charge in [-0.3, -0.25) is 0 Å². The molecule has 0 aromatic rings. The molecule has 15 heavy (non-hydrogen) atoms. The van der Waals surface area contributed by atoms with Crippen LogP contribution < -0.4 is 0 Å². The van der Waals surface area contributed by atoms with Crippen molar-refractivity contribution in [2.75, 3.05) is 0 Å². The van der Waals surface area contributed by atoms with Gasteiger partial charge >= 0.3 is 5.97 Å². The standard InChI is InChI=1S/C11H10F2O2/c12-9-2-1-3-10(13)7-8(6-9)4-5-11(14)15/h1-2,4-7,9H,3H2,(H,14,15)/b2-1-,5-4+,8-6-,10-7?. The molecule has 4 heteroatoms. The summed E-state index contributed by atoms with van der Waals surface area (Å²) in [4.78, 5) is 10.2. The van der Waals surface area contributed by atoms with Crippen LogP contribution in [0, 0.1) is 0 Å². The molecule has 1 aliphatic carbocycles. The monoisotopic (exact) mass is 212 g/mol. The average molecular weight is 212 g/mol. The van der Waals surface area contributed by atoms with Gasteiger partial charge in [0.05, 0.1) is 0 Å². The molecule has 0 aromatic carbocycles. The van der Waals surface area contributed by atoms with Crippen LogP contribution in [-0.4, -0.2) is 17.2 Å². The maximum atomic E-state index is 13.0. The van der Waals surface area contributed by atoms with Crippen LogP contribution in [0.3, 0.4) is 0 Å². The maximum Gasteiger partial charge on any atom is 0.328 e. The van der Waals surface area contributed by atoms with Crippen LogP contribution >= 0.6 is 0 Å². The fourth-order valence-electron chi connectivity index (χ4n) is 1.11. The Bertz CT molecular complexity index is 365. The van der Waals surface area contributed by atoms with E-state index >= 15 is 0 Å². The minimum absolute atomic E-state index is 0.0265. The van der Waals surface area contributed by atoms with E-state index in [1.54, 1.807) is 0 Å². The largest absolute Gasteiger partial charge is 0.478 e. The summed E-state index contributed by atoms with van der Waals surface area (Å²) in [5, 5.41) is 8.37. The van der Waals surface area contributed by atoms with Gasteiger partial charge in [0.25, 0.3) is 0 Å². The molecule has 1 rings (SSSR count). The molecule has 0 bridgehead atoms. The number of aliphatic carboxylic acids is 1. The van der Waals surface area contributed by atoms with E-state index in [9.17, 15) is 13.6 Å². The molecule has 1 N–H and O–H groups in total. The van der Waals surface area contributed by atoms with E-state index in [2.05, 4.69) is 0 Å². The molecule has 0 heterocycles. The van der Waals surface area contributed by atoms with E-state index in [1.807, 2.05) is 0 Å². The zero-order valence-electron chi connectivity index (χ0n) is 7.86. The minimum Gasteiger partial charge on any atom is -0.478 e. The van der Waals surface area contributed by atoms with Crippen LogP contribution in [0.1, 0.15) is 6.42 Å². The van der Waals surface area contributed by atoms with Crippen LogP contribution in [0.4, 0.5) is 8.78 Å². The van der Waals surface area contributed by atoms with Gasteiger partial charge in [-0.2, -0.15) is 0 Å². The minimum atomic E-state index is -1.32. The quantitative estimate of drug-likeness (QED) is 0.564. The van der Waals surface area contributed by atoms with E-state index < -0.39 is 18.0 Å². The third-order valence-electron chi connectivity index (χ3n) is 1.73. The Morgan fingerprint density at radius 1 is 1.60 bits per heavy atom. The molecule has 0 saturated heterocycles. The third-order valence-corrected chi connectivity index (χ3v) is 1.73. The van der Waals surface area contributed by atoms with Crippen LogP contribution in [0.2, 0.25) is 0 Å². The summed E-state index contributed by atoms with van der Waals surface area (Å²) in [6, 6.07) is 0. The number of alkyl halides is 1. The van der Waals surface area contributed by atoms with Gasteiger partial charge in [0.2, 0.25) is 0 Å². The van der Waals surface area contributed by atoms with Gasteiger partial charge in [-0.05, 0) is 23.8 Å². The number of carboxylic acids is 1. The molecule has 0 amide bonds. The van der Waals surface area contributed by atoms with Gasteiger partial charge in [-0.1, -0.05) is 12.2 Å². The Morgan fingerprint density at radius 3 is 3.00 bits per heavy atom. The van der Waals surface area contributed by atoms with Crippen molar-refractivity contribution in [1.29, 1.82) is 0 Å². The molecule has 2 nitrogen and oxygen atoms in total. The summed E-state index contributed by atoms with van der Waals surface area (Å²) in [7, 11) is 0. The van der Waals surface area contributed by atoms with E-state index in [0.717, 1.165) is 24.3 Å². The lowest BCUT2D eigenvalue weighted by Gasteiger charge is -2.02. The van der Waals surface area contributed by atoms with Crippen molar-refractivity contribution in [3.05, 3.63) is 47.9 Å². The van der Waals surface area contributed by atoms with Crippen molar-refractivity contribution in [3.8, 4) is 0 Å². The number of carboxylic acid groups (broad SMARTS) is 1. The van der Waals surface area contributed by atoms with Gasteiger partial charge in [0.15, 0.2) is 0 Å². The molecule has 0 aliphatic heterocycles. The molecule has 1 aliphatic rings. The van der Waals surface area contributed by atoms with Crippen LogP contribution in [0.15, 0.2) is 47.9 Å². The van der Waals surface area contributed by atoms with E-state index in [-0.39, 0.29) is 12.0 Å². The predicted octanol–water partition coefficient (Wildman–Crippen LogP) is 2.71. The van der Waals surface area contributed by atoms with Gasteiger partial charge in [0, 0.05) is 12.5 Å². The lowest BCUT2D eigenvalue weighted by molar-refractivity contribution is -0.131. The Balaban J connectivity index is 2.92. The number of rotatable bonds is 2. The smallest absolute Gasteiger partial charge is 0.328 e. The van der Waals surface area contributed by atoms with Crippen LogP contribution in [-0.2, 0) is 4.79 Å². The normalized spacial score (nSPS) is 27.5. The first-order valence-corrected chi connectivity index (χ1v) is 4.37. The number of carbonyl (C=O) groups is 1. The molecule has 0 saturated carbocycles. The molecule has 0 spiro atoms. The van der Waals surface area contributed by atoms with E-state index in [4.69, 9.17) is 5.11 Å². The molecule has 0 aromatic heterocycles. The highest BCUT2D eigenvalue weighted by Crippen LogP contribution is 2.15. The lowest BCUT2D eigenvalue weighted by atomic mass is 10.1. The fraction of sp³-hybridized carbons (Fsp3) is 0.182. The molecular weight excluding hydrogens is 202 g/mol. The van der Waals surface area contributed by atoms with Crippen molar-refractivity contribution in [1.82, 2.24) is 0 Å². The summed E-state index contributed by atoms with van der Waals surface area (Å²) in [5.41, 5.74) is 0.215. The third kappa shape index (κ3) is 4.35. The highest BCUT2D eigenvalue weighted by molar-refractivity contribution is 5.80. The first-order chi connectivity index (χ1) is 7.08. The molecule has 1 unspecified atom stereocenters. The molecular formula is C11H10F2O2. The Labute approximate surface area is 85.9 Å². The Morgan fingerprint density at radius 2 is 2.33 bits per heavy atom. The lowest BCUT2D eigenvalue weighted by Crippen LogP contribution is -1.94. The van der Waals surface area contributed by atoms with Crippen molar-refractivity contribution in [2.24, 2.45) is 0 Å². The first-order valence-electron chi connectivity index (χ1n) is 4.37. The van der Waals surface area contributed by atoms with Crippen molar-refractivity contribution >= 4 is 5.97 Å². The second-order valence-electron chi connectivity index (χ2n) is 3.01. The van der Waals surface area contributed by atoms with Crippen molar-refractivity contribution in [2.45, 2.75) is 12.6 Å². The zero-order chi connectivity index (χ0) is 11.3. The summed E-state index contributed by atoms with van der Waals surface area (Å²) in [6.07, 6.45) is 5.60. The second kappa shape index (κ2) is 5.24. The topological polar surface area (TPSA) is 37.3 Å². The predicted molar refractivity (Wildman–Crippen MR) is 52.7 cm³/mol. The SMILES string of the molecule is O=C(O)/C=C/C1=C/C(F)/C=C\CC(F)=C1. The molecule has 1 atom stereocenters. The van der Waals surface area contributed by atoms with Gasteiger partial charge in [-0.15, -0.1) is 0 Å². The molecule has 0 fully saturated rings. The summed E-state index contributed by atoms with van der Waals surface area (Å²) < 4.78 is 26.0. The Kier molecular flexibility index (Phi) is 3.97. The average Bonchev–Trinajstić information content (AvgIpc) is 2.11. The second-order valence-corrected chi connectivity index (χ2v) is 3.01. The van der Waals surface area contributed by atoms with Gasteiger partial charge < -0.3 is 5.11 Å². The molecule has 0 radical (unpaired) electrons. The summed E-state index contributed by atoms with van der Waals surface area (Å²) >= 11 is 0. The Hall–Kier alpha value is -1.71. The van der Waals surface area contributed by atoms with E-state index in [0.29, 0.717) is 0 Å². The maximum absolute atomic E-state index is 13.0. The van der Waals surface area contributed by atoms with Crippen LogP contribution in [0.5, 0.6) is 0 Å². The first kappa shape index (κ1) is 11.4. The zero-order valence-corrected chi connectivity index (χ0v) is 7.86.